The molecule has 0 fully saturated rings. The van der Waals surface area contributed by atoms with Crippen molar-refractivity contribution in [3.63, 3.8) is 0 Å². The van der Waals surface area contributed by atoms with E-state index in [-0.39, 0.29) is 0 Å². The summed E-state index contributed by atoms with van der Waals surface area (Å²) in [7, 11) is 0. The van der Waals surface area contributed by atoms with Crippen molar-refractivity contribution in [2.24, 2.45) is 0 Å². The largest absolute Gasteiger partial charge is 0.444 e. The minimum atomic E-state index is -0.884. The maximum Gasteiger partial charge on any atom is 0.412 e. The maximum absolute atomic E-state index is 13.1. The van der Waals surface area contributed by atoms with Gasteiger partial charge in [0.15, 0.2) is 0 Å². The SMILES string of the molecule is C[C@@H](O)c1cc(F)ccc1NC(=O)OC(C)(C)C. The summed E-state index contributed by atoms with van der Waals surface area (Å²) in [4.78, 5) is 11.6. The first kappa shape index (κ1) is 14.4. The van der Waals surface area contributed by atoms with E-state index in [4.69, 9.17) is 4.74 Å². The Balaban J connectivity index is 2.88. The highest BCUT2D eigenvalue weighted by Gasteiger charge is 2.18. The second-order valence-electron chi connectivity index (χ2n) is 5.03. The predicted molar refractivity (Wildman–Crippen MR) is 66.9 cm³/mol. The number of aliphatic hydroxyl groups excluding tert-OH is 1. The molecule has 1 aromatic rings. The number of aliphatic hydroxyl groups is 1. The van der Waals surface area contributed by atoms with Crippen LogP contribution in [0.2, 0.25) is 0 Å². The fourth-order valence-corrected chi connectivity index (χ4v) is 1.41. The summed E-state index contributed by atoms with van der Waals surface area (Å²) in [6.07, 6.45) is -1.53. The third-order valence-corrected chi connectivity index (χ3v) is 2.10. The van der Waals surface area contributed by atoms with E-state index in [2.05, 4.69) is 5.32 Å². The van der Waals surface area contributed by atoms with Crippen molar-refractivity contribution in [1.82, 2.24) is 0 Å². The molecule has 1 amide bonds. The molecule has 4 nitrogen and oxygen atoms in total. The molecule has 0 aliphatic carbocycles. The van der Waals surface area contributed by atoms with Crippen LogP contribution in [0.5, 0.6) is 0 Å². The normalized spacial score (nSPS) is 13.0. The van der Waals surface area contributed by atoms with Crippen molar-refractivity contribution in [3.05, 3.63) is 29.6 Å². The number of benzene rings is 1. The average molecular weight is 255 g/mol. The molecule has 0 bridgehead atoms. The molecule has 0 aromatic heterocycles. The van der Waals surface area contributed by atoms with E-state index in [0.29, 0.717) is 11.3 Å². The van der Waals surface area contributed by atoms with Gasteiger partial charge in [-0.05, 0) is 45.9 Å². The molecule has 0 saturated carbocycles. The van der Waals surface area contributed by atoms with E-state index >= 15 is 0 Å². The van der Waals surface area contributed by atoms with Crippen LogP contribution in [0.1, 0.15) is 39.4 Å². The monoisotopic (exact) mass is 255 g/mol. The highest BCUT2D eigenvalue weighted by molar-refractivity contribution is 5.86. The molecule has 100 valence electrons. The number of hydrogen-bond donors (Lipinski definition) is 2. The maximum atomic E-state index is 13.1. The van der Waals surface area contributed by atoms with Gasteiger partial charge in [0.1, 0.15) is 11.4 Å². The molecule has 1 aromatic carbocycles. The van der Waals surface area contributed by atoms with Crippen LogP contribution in [0.4, 0.5) is 14.9 Å². The highest BCUT2D eigenvalue weighted by Crippen LogP contribution is 2.24. The Hall–Kier alpha value is -1.62. The quantitative estimate of drug-likeness (QED) is 0.853. The lowest BCUT2D eigenvalue weighted by Crippen LogP contribution is -2.27. The fraction of sp³-hybridized carbons (Fsp3) is 0.462. The summed E-state index contributed by atoms with van der Waals surface area (Å²) in [6.45, 7) is 6.72. The van der Waals surface area contributed by atoms with Crippen LogP contribution in [0.15, 0.2) is 18.2 Å². The van der Waals surface area contributed by atoms with Crippen LogP contribution < -0.4 is 5.32 Å². The van der Waals surface area contributed by atoms with Gasteiger partial charge in [0.25, 0.3) is 0 Å². The summed E-state index contributed by atoms with van der Waals surface area (Å²) in [5, 5.41) is 12.0. The van der Waals surface area contributed by atoms with Crippen LogP contribution in [0.3, 0.4) is 0 Å². The Bertz CT molecular complexity index is 438. The van der Waals surface area contributed by atoms with Crippen LogP contribution >= 0.6 is 0 Å². The van der Waals surface area contributed by atoms with Crippen molar-refractivity contribution in [2.75, 3.05) is 5.32 Å². The average Bonchev–Trinajstić information content (AvgIpc) is 2.17. The first-order chi connectivity index (χ1) is 8.19. The molecule has 0 saturated heterocycles. The number of halogens is 1. The molecular weight excluding hydrogens is 237 g/mol. The van der Waals surface area contributed by atoms with Crippen molar-refractivity contribution in [3.8, 4) is 0 Å². The standard InChI is InChI=1S/C13H18FNO3/c1-8(16)10-7-9(14)5-6-11(10)15-12(17)18-13(2,3)4/h5-8,16H,1-4H3,(H,15,17)/t8-/m1/s1. The van der Waals surface area contributed by atoms with Crippen molar-refractivity contribution in [1.29, 1.82) is 0 Å². The van der Waals surface area contributed by atoms with E-state index in [1.165, 1.54) is 25.1 Å². The lowest BCUT2D eigenvalue weighted by Gasteiger charge is -2.21. The highest BCUT2D eigenvalue weighted by atomic mass is 19.1. The number of hydrogen-bond acceptors (Lipinski definition) is 3. The van der Waals surface area contributed by atoms with Gasteiger partial charge < -0.3 is 9.84 Å². The molecule has 0 aliphatic heterocycles. The number of nitrogens with one attached hydrogen (secondary N) is 1. The number of anilines is 1. The molecule has 0 aliphatic rings. The summed E-state index contributed by atoms with van der Waals surface area (Å²) < 4.78 is 18.1. The Kier molecular flexibility index (Phi) is 4.29. The van der Waals surface area contributed by atoms with E-state index in [1.54, 1.807) is 20.8 Å². The summed E-state index contributed by atoms with van der Waals surface area (Å²) in [6, 6.07) is 3.78. The second kappa shape index (κ2) is 5.35. The van der Waals surface area contributed by atoms with E-state index in [9.17, 15) is 14.3 Å². The van der Waals surface area contributed by atoms with Crippen molar-refractivity contribution < 1.29 is 19.0 Å². The van der Waals surface area contributed by atoms with Gasteiger partial charge in [-0.3, -0.25) is 5.32 Å². The third kappa shape index (κ3) is 4.33. The van der Waals surface area contributed by atoms with Gasteiger partial charge in [-0.15, -0.1) is 0 Å². The third-order valence-electron chi connectivity index (χ3n) is 2.10. The van der Waals surface area contributed by atoms with Gasteiger partial charge in [-0.25, -0.2) is 9.18 Å². The fourth-order valence-electron chi connectivity index (χ4n) is 1.41. The zero-order chi connectivity index (χ0) is 13.9. The molecule has 1 rings (SSSR count). The molecule has 0 heterocycles. The van der Waals surface area contributed by atoms with Gasteiger partial charge in [-0.2, -0.15) is 0 Å². The van der Waals surface area contributed by atoms with Crippen LogP contribution in [0.25, 0.3) is 0 Å². The molecule has 0 radical (unpaired) electrons. The summed E-state index contributed by atoms with van der Waals surface area (Å²) >= 11 is 0. The van der Waals surface area contributed by atoms with Crippen LogP contribution in [0, 0.1) is 5.82 Å². The van der Waals surface area contributed by atoms with Crippen molar-refractivity contribution >= 4 is 11.8 Å². The Morgan fingerprint density at radius 1 is 1.44 bits per heavy atom. The number of ether oxygens (including phenoxy) is 1. The smallest absolute Gasteiger partial charge is 0.412 e. The topological polar surface area (TPSA) is 58.6 Å². The molecule has 2 N–H and O–H groups in total. The van der Waals surface area contributed by atoms with Gasteiger partial charge in [0, 0.05) is 11.3 Å². The van der Waals surface area contributed by atoms with Gasteiger partial charge in [0.2, 0.25) is 0 Å². The zero-order valence-electron chi connectivity index (χ0n) is 11.0. The number of amides is 1. The summed E-state index contributed by atoms with van der Waals surface area (Å²) in [5.41, 5.74) is 0.0243. The molecule has 1 atom stereocenters. The summed E-state index contributed by atoms with van der Waals surface area (Å²) in [5.74, 6) is -0.472. The van der Waals surface area contributed by atoms with Crippen molar-refractivity contribution in [2.45, 2.75) is 39.4 Å². The molecule has 0 unspecified atom stereocenters. The van der Waals surface area contributed by atoms with Gasteiger partial charge >= 0.3 is 6.09 Å². The van der Waals surface area contributed by atoms with Gasteiger partial charge in [-0.1, -0.05) is 0 Å². The lowest BCUT2D eigenvalue weighted by atomic mass is 10.1. The Morgan fingerprint density at radius 3 is 2.56 bits per heavy atom. The zero-order valence-corrected chi connectivity index (χ0v) is 11.0. The van der Waals surface area contributed by atoms with Crippen LogP contribution in [-0.2, 0) is 4.74 Å². The van der Waals surface area contributed by atoms with E-state index < -0.39 is 23.6 Å². The van der Waals surface area contributed by atoms with E-state index in [0.717, 1.165) is 0 Å². The predicted octanol–water partition coefficient (Wildman–Crippen LogP) is 3.23. The molecular formula is C13H18FNO3. The molecule has 5 heteroatoms. The number of carbonyl (C=O) groups excluding carboxylic acids is 1. The first-order valence-electron chi connectivity index (χ1n) is 5.66. The molecule has 0 spiro atoms. The van der Waals surface area contributed by atoms with E-state index in [1.807, 2.05) is 0 Å². The Morgan fingerprint density at radius 2 is 2.06 bits per heavy atom. The molecule has 18 heavy (non-hydrogen) atoms. The minimum absolute atomic E-state index is 0.306. The van der Waals surface area contributed by atoms with Crippen LogP contribution in [-0.4, -0.2) is 16.8 Å². The lowest BCUT2D eigenvalue weighted by molar-refractivity contribution is 0.0635. The number of carbonyl (C=O) groups is 1. The second-order valence-corrected chi connectivity index (χ2v) is 5.03. The van der Waals surface area contributed by atoms with Gasteiger partial charge in [0.05, 0.1) is 6.10 Å². The Labute approximate surface area is 106 Å². The number of rotatable bonds is 2. The first-order valence-corrected chi connectivity index (χ1v) is 5.66. The minimum Gasteiger partial charge on any atom is -0.444 e.